The fraction of sp³-hybridized carbons (Fsp3) is 0.619. The zero-order valence-electron chi connectivity index (χ0n) is 15.7. The van der Waals surface area contributed by atoms with Crippen molar-refractivity contribution in [2.24, 2.45) is 17.8 Å². The zero-order valence-corrected chi connectivity index (χ0v) is 15.7. The number of hydrogen-bond acceptors (Lipinski definition) is 4. The SMILES string of the molecule is N=CN1C[C@H]2CC(OC(=O)[C@](O)(c3ccccc3)[C@@H]3CCC(F)(F)C3)C[C@H]2C1. The van der Waals surface area contributed by atoms with Gasteiger partial charge in [-0.3, -0.25) is 5.41 Å². The molecule has 1 aliphatic heterocycles. The van der Waals surface area contributed by atoms with E-state index < -0.39 is 29.8 Å². The summed E-state index contributed by atoms with van der Waals surface area (Å²) in [6.45, 7) is 1.56. The van der Waals surface area contributed by atoms with Gasteiger partial charge in [-0.15, -0.1) is 0 Å². The first-order chi connectivity index (χ1) is 13.3. The molecule has 2 aliphatic carbocycles. The molecule has 5 nitrogen and oxygen atoms in total. The van der Waals surface area contributed by atoms with Gasteiger partial charge in [0.15, 0.2) is 5.60 Å². The molecule has 0 radical (unpaired) electrons. The predicted octanol–water partition coefficient (Wildman–Crippen LogP) is 3.17. The fourth-order valence-corrected chi connectivity index (χ4v) is 5.24. The number of carbonyl (C=O) groups is 1. The molecule has 1 heterocycles. The molecule has 3 fully saturated rings. The Kier molecular flexibility index (Phi) is 4.89. The first kappa shape index (κ1) is 19.3. The summed E-state index contributed by atoms with van der Waals surface area (Å²) in [6, 6.07) is 8.33. The number of hydrogen-bond donors (Lipinski definition) is 2. The normalized spacial score (nSPS) is 33.3. The highest BCUT2D eigenvalue weighted by molar-refractivity contribution is 5.82. The molecule has 152 valence electrons. The number of ether oxygens (including phenoxy) is 1. The van der Waals surface area contributed by atoms with Crippen LogP contribution >= 0.6 is 0 Å². The number of alkyl halides is 2. The third-order valence-electron chi connectivity index (χ3n) is 6.71. The molecule has 28 heavy (non-hydrogen) atoms. The van der Waals surface area contributed by atoms with Crippen molar-refractivity contribution in [1.29, 1.82) is 5.41 Å². The maximum atomic E-state index is 13.8. The lowest BCUT2D eigenvalue weighted by atomic mass is 9.80. The summed E-state index contributed by atoms with van der Waals surface area (Å²) in [5, 5.41) is 18.7. The number of esters is 1. The van der Waals surface area contributed by atoms with Crippen LogP contribution in [0.5, 0.6) is 0 Å². The van der Waals surface area contributed by atoms with E-state index in [-0.39, 0.29) is 18.9 Å². The van der Waals surface area contributed by atoms with Gasteiger partial charge in [0.2, 0.25) is 5.92 Å². The molecule has 0 bridgehead atoms. The number of aliphatic hydroxyl groups is 1. The minimum Gasteiger partial charge on any atom is -0.460 e. The van der Waals surface area contributed by atoms with Crippen molar-refractivity contribution in [3.8, 4) is 0 Å². The Labute approximate surface area is 163 Å². The largest absolute Gasteiger partial charge is 0.460 e. The fourth-order valence-electron chi connectivity index (χ4n) is 5.24. The van der Waals surface area contributed by atoms with Gasteiger partial charge in [-0.25, -0.2) is 13.6 Å². The first-order valence-electron chi connectivity index (χ1n) is 9.93. The summed E-state index contributed by atoms with van der Waals surface area (Å²) in [5.41, 5.74) is -1.74. The smallest absolute Gasteiger partial charge is 0.343 e. The van der Waals surface area contributed by atoms with Gasteiger partial charge in [-0.2, -0.15) is 0 Å². The van der Waals surface area contributed by atoms with Crippen molar-refractivity contribution in [1.82, 2.24) is 4.90 Å². The van der Waals surface area contributed by atoms with E-state index >= 15 is 0 Å². The lowest BCUT2D eigenvalue weighted by Crippen LogP contribution is -2.45. The molecule has 5 atom stereocenters. The van der Waals surface area contributed by atoms with Gasteiger partial charge in [-0.05, 0) is 36.7 Å². The van der Waals surface area contributed by atoms with Crippen molar-refractivity contribution in [2.45, 2.75) is 49.7 Å². The molecule has 1 unspecified atom stereocenters. The van der Waals surface area contributed by atoms with Crippen LogP contribution in [0.15, 0.2) is 30.3 Å². The highest BCUT2D eigenvalue weighted by Crippen LogP contribution is 2.48. The Morgan fingerprint density at radius 2 is 1.89 bits per heavy atom. The summed E-state index contributed by atoms with van der Waals surface area (Å²) in [5.74, 6) is -3.82. The Morgan fingerprint density at radius 3 is 2.43 bits per heavy atom. The standard InChI is InChI=1S/C21H26F2N2O3/c22-20(23)7-6-17(10-20)21(27,16-4-2-1-3-5-16)19(26)28-18-8-14-11-25(13-24)12-15(14)9-18/h1-5,13-15,17-18,24,27H,6-12H2/t14-,15+,17-,18?,21+/m1/s1. The summed E-state index contributed by atoms with van der Waals surface area (Å²) < 4.78 is 33.4. The molecular formula is C21H26F2N2O3. The number of nitrogens with one attached hydrogen (secondary N) is 1. The van der Waals surface area contributed by atoms with Crippen molar-refractivity contribution in [2.75, 3.05) is 13.1 Å². The predicted molar refractivity (Wildman–Crippen MR) is 99.1 cm³/mol. The van der Waals surface area contributed by atoms with Crippen LogP contribution < -0.4 is 0 Å². The molecule has 1 saturated heterocycles. The van der Waals surface area contributed by atoms with Crippen LogP contribution in [-0.4, -0.2) is 47.4 Å². The van der Waals surface area contributed by atoms with E-state index in [9.17, 15) is 18.7 Å². The van der Waals surface area contributed by atoms with Gasteiger partial charge in [0.05, 0.1) is 6.34 Å². The summed E-state index contributed by atoms with van der Waals surface area (Å²) in [7, 11) is 0. The number of carbonyl (C=O) groups excluding carboxylic acids is 1. The Morgan fingerprint density at radius 1 is 1.25 bits per heavy atom. The van der Waals surface area contributed by atoms with Gasteiger partial charge in [0.1, 0.15) is 6.10 Å². The number of likely N-dealkylation sites (tertiary alicyclic amines) is 1. The van der Waals surface area contributed by atoms with Crippen molar-refractivity contribution >= 4 is 12.3 Å². The highest BCUT2D eigenvalue weighted by Gasteiger charge is 2.55. The van der Waals surface area contributed by atoms with E-state index in [1.807, 2.05) is 4.90 Å². The summed E-state index contributed by atoms with van der Waals surface area (Å²) in [4.78, 5) is 15.0. The first-order valence-corrected chi connectivity index (χ1v) is 9.93. The summed E-state index contributed by atoms with van der Waals surface area (Å²) in [6.07, 6.45) is 1.64. The minimum absolute atomic E-state index is 0.0811. The Hall–Kier alpha value is -2.02. The number of fused-ring (bicyclic) bond motifs is 1. The molecule has 0 aromatic heterocycles. The molecule has 2 saturated carbocycles. The third-order valence-corrected chi connectivity index (χ3v) is 6.71. The van der Waals surface area contributed by atoms with Crippen LogP contribution in [-0.2, 0) is 15.1 Å². The highest BCUT2D eigenvalue weighted by atomic mass is 19.3. The second-order valence-electron chi connectivity index (χ2n) is 8.53. The minimum atomic E-state index is -2.87. The lowest BCUT2D eigenvalue weighted by molar-refractivity contribution is -0.180. The van der Waals surface area contributed by atoms with Crippen LogP contribution in [0.2, 0.25) is 0 Å². The van der Waals surface area contributed by atoms with Crippen molar-refractivity contribution in [3.63, 3.8) is 0 Å². The van der Waals surface area contributed by atoms with Gasteiger partial charge >= 0.3 is 5.97 Å². The Balaban J connectivity index is 1.51. The van der Waals surface area contributed by atoms with E-state index in [4.69, 9.17) is 10.1 Å². The Bertz CT molecular complexity index is 730. The number of rotatable bonds is 5. The van der Waals surface area contributed by atoms with Gasteiger partial charge < -0.3 is 14.7 Å². The molecular weight excluding hydrogens is 366 g/mol. The van der Waals surface area contributed by atoms with Gasteiger partial charge in [0.25, 0.3) is 0 Å². The molecule has 2 N–H and O–H groups in total. The molecule has 1 aromatic carbocycles. The lowest BCUT2D eigenvalue weighted by Gasteiger charge is -2.33. The number of benzene rings is 1. The van der Waals surface area contributed by atoms with Gasteiger partial charge in [0, 0.05) is 31.8 Å². The summed E-state index contributed by atoms with van der Waals surface area (Å²) >= 11 is 0. The average Bonchev–Trinajstić information content (AvgIpc) is 3.34. The van der Waals surface area contributed by atoms with Crippen molar-refractivity contribution in [3.05, 3.63) is 35.9 Å². The second kappa shape index (κ2) is 7.10. The molecule has 0 amide bonds. The molecule has 4 rings (SSSR count). The van der Waals surface area contributed by atoms with E-state index in [1.165, 1.54) is 6.34 Å². The van der Waals surface area contributed by atoms with Crippen LogP contribution in [0.1, 0.15) is 37.7 Å². The molecule has 0 spiro atoms. The van der Waals surface area contributed by atoms with Crippen molar-refractivity contribution < 1.29 is 23.4 Å². The maximum Gasteiger partial charge on any atom is 0.343 e. The number of halogens is 2. The van der Waals surface area contributed by atoms with Gasteiger partial charge in [-0.1, -0.05) is 30.3 Å². The van der Waals surface area contributed by atoms with E-state index in [0.29, 0.717) is 30.2 Å². The van der Waals surface area contributed by atoms with Crippen LogP contribution in [0.4, 0.5) is 8.78 Å². The molecule has 3 aliphatic rings. The maximum absolute atomic E-state index is 13.8. The molecule has 7 heteroatoms. The van der Waals surface area contributed by atoms with E-state index in [2.05, 4.69) is 0 Å². The number of nitrogens with zero attached hydrogens (tertiary/aromatic N) is 1. The quantitative estimate of drug-likeness (QED) is 0.459. The van der Waals surface area contributed by atoms with Crippen LogP contribution in [0.3, 0.4) is 0 Å². The molecule has 1 aromatic rings. The zero-order chi connectivity index (χ0) is 19.9. The van der Waals surface area contributed by atoms with E-state index in [0.717, 1.165) is 13.1 Å². The van der Waals surface area contributed by atoms with Crippen LogP contribution in [0.25, 0.3) is 0 Å². The monoisotopic (exact) mass is 392 g/mol. The third kappa shape index (κ3) is 3.41. The second-order valence-corrected chi connectivity index (χ2v) is 8.53. The average molecular weight is 392 g/mol. The van der Waals surface area contributed by atoms with Crippen LogP contribution in [0, 0.1) is 23.2 Å². The van der Waals surface area contributed by atoms with E-state index in [1.54, 1.807) is 30.3 Å². The topological polar surface area (TPSA) is 73.6 Å².